The number of alkyl halides is 3. The molecule has 1 amide bonds. The van der Waals surface area contributed by atoms with E-state index in [1.54, 1.807) is 29.6 Å². The number of thiazole rings is 1. The number of fused-ring (bicyclic) bond motifs is 1. The summed E-state index contributed by atoms with van der Waals surface area (Å²) in [5, 5.41) is 3.84. The fourth-order valence-electron chi connectivity index (χ4n) is 2.47. The predicted molar refractivity (Wildman–Crippen MR) is 103 cm³/mol. The smallest absolute Gasteiger partial charge is 0.442 e. The van der Waals surface area contributed by atoms with Gasteiger partial charge in [-0.3, -0.25) is 4.79 Å². The second-order valence-electron chi connectivity index (χ2n) is 5.81. The molecule has 0 aliphatic heterocycles. The number of carbonyl (C=O) groups excluding carboxylic acids is 2. The summed E-state index contributed by atoms with van der Waals surface area (Å²) in [6, 6.07) is 11.8. The Morgan fingerprint density at radius 3 is 2.34 bits per heavy atom. The molecule has 0 saturated carbocycles. The minimum atomic E-state index is -5.25. The monoisotopic (exact) mass is 443 g/mol. The van der Waals surface area contributed by atoms with Crippen molar-refractivity contribution in [2.75, 3.05) is 12.4 Å². The van der Waals surface area contributed by atoms with E-state index in [-0.39, 0.29) is 10.7 Å². The summed E-state index contributed by atoms with van der Waals surface area (Å²) in [6.07, 6.45) is -5.25. The number of aromatic nitrogens is 1. The maximum absolute atomic E-state index is 14.1. The number of methoxy groups -OCH3 is 1. The lowest BCUT2D eigenvalue weighted by molar-refractivity contribution is -0.203. The van der Waals surface area contributed by atoms with Crippen LogP contribution in [0.3, 0.4) is 0 Å². The van der Waals surface area contributed by atoms with Gasteiger partial charge in [-0.15, -0.1) is 0 Å². The van der Waals surface area contributed by atoms with Crippen LogP contribution >= 0.6 is 22.9 Å². The summed E-state index contributed by atoms with van der Waals surface area (Å²) in [6.45, 7) is 0. The highest BCUT2D eigenvalue weighted by Gasteiger charge is 2.64. The lowest BCUT2D eigenvalue weighted by atomic mass is 10.1. The van der Waals surface area contributed by atoms with Gasteiger partial charge in [0.15, 0.2) is 5.13 Å². The second kappa shape index (κ2) is 7.88. The van der Waals surface area contributed by atoms with Gasteiger partial charge in [0, 0.05) is 10.6 Å². The van der Waals surface area contributed by atoms with Gasteiger partial charge >= 0.3 is 17.8 Å². The fourth-order valence-corrected chi connectivity index (χ4v) is 3.52. The van der Waals surface area contributed by atoms with Crippen molar-refractivity contribution in [1.82, 2.24) is 10.3 Å². The minimum absolute atomic E-state index is 0.127. The van der Waals surface area contributed by atoms with Crippen LogP contribution in [0.2, 0.25) is 5.02 Å². The van der Waals surface area contributed by atoms with E-state index in [1.165, 1.54) is 24.3 Å². The zero-order chi connectivity index (χ0) is 21.2. The lowest BCUT2D eigenvalue weighted by Gasteiger charge is -2.34. The van der Waals surface area contributed by atoms with Gasteiger partial charge in [0.1, 0.15) is 0 Å². The number of esters is 1. The van der Waals surface area contributed by atoms with Gasteiger partial charge in [0.05, 0.1) is 17.3 Å². The molecular weight excluding hydrogens is 431 g/mol. The van der Waals surface area contributed by atoms with E-state index in [1.807, 2.05) is 5.32 Å². The van der Waals surface area contributed by atoms with Crippen LogP contribution in [-0.2, 0) is 9.53 Å². The van der Waals surface area contributed by atoms with Crippen molar-refractivity contribution in [2.24, 2.45) is 0 Å². The van der Waals surface area contributed by atoms with Crippen molar-refractivity contribution in [3.63, 3.8) is 0 Å². The Kier molecular flexibility index (Phi) is 5.67. The van der Waals surface area contributed by atoms with Crippen LogP contribution in [0, 0.1) is 0 Å². The van der Waals surface area contributed by atoms with Gasteiger partial charge in [-0.1, -0.05) is 35.1 Å². The summed E-state index contributed by atoms with van der Waals surface area (Å²) in [5.74, 6) is -2.90. The number of halogens is 4. The highest BCUT2D eigenvalue weighted by molar-refractivity contribution is 7.22. The first kappa shape index (κ1) is 20.9. The quantitative estimate of drug-likeness (QED) is 0.456. The molecule has 0 radical (unpaired) electrons. The van der Waals surface area contributed by atoms with E-state index >= 15 is 0 Å². The Morgan fingerprint density at radius 2 is 1.76 bits per heavy atom. The zero-order valence-corrected chi connectivity index (χ0v) is 16.3. The largest absolute Gasteiger partial charge is 0.466 e. The number of hydrogen-bond donors (Lipinski definition) is 2. The molecule has 2 N–H and O–H groups in total. The Labute approximate surface area is 171 Å². The molecule has 0 bridgehead atoms. The number of para-hydroxylation sites is 1. The molecule has 0 saturated heterocycles. The van der Waals surface area contributed by atoms with E-state index in [0.717, 1.165) is 18.4 Å². The molecule has 0 aliphatic carbocycles. The van der Waals surface area contributed by atoms with Gasteiger partial charge in [-0.05, 0) is 36.4 Å². The van der Waals surface area contributed by atoms with E-state index in [4.69, 9.17) is 11.6 Å². The van der Waals surface area contributed by atoms with Crippen LogP contribution in [0.4, 0.5) is 18.3 Å². The molecule has 1 atom stereocenters. The molecule has 0 fully saturated rings. The Hall–Kier alpha value is -2.85. The maximum atomic E-state index is 14.1. The third-order valence-corrected chi connectivity index (χ3v) is 5.12. The summed E-state index contributed by atoms with van der Waals surface area (Å²) >= 11 is 6.63. The topological polar surface area (TPSA) is 80.3 Å². The third kappa shape index (κ3) is 4.13. The lowest BCUT2D eigenvalue weighted by Crippen LogP contribution is -2.69. The van der Waals surface area contributed by atoms with E-state index < -0.39 is 23.7 Å². The average Bonchev–Trinajstić information content (AvgIpc) is 3.08. The van der Waals surface area contributed by atoms with Crippen molar-refractivity contribution in [1.29, 1.82) is 0 Å². The molecule has 2 aromatic carbocycles. The molecule has 11 heteroatoms. The molecule has 3 rings (SSSR count). The number of anilines is 1. The Morgan fingerprint density at radius 1 is 1.10 bits per heavy atom. The molecular formula is C18H13ClF3N3O3S. The van der Waals surface area contributed by atoms with Gasteiger partial charge in [-0.2, -0.15) is 13.2 Å². The number of hydrogen-bond acceptors (Lipinski definition) is 6. The van der Waals surface area contributed by atoms with Gasteiger partial charge in [-0.25, -0.2) is 9.78 Å². The number of rotatable bonds is 5. The van der Waals surface area contributed by atoms with Crippen molar-refractivity contribution < 1.29 is 27.5 Å². The number of ether oxygens (including phenoxy) is 1. The van der Waals surface area contributed by atoms with Crippen LogP contribution in [0.5, 0.6) is 0 Å². The molecule has 3 aromatic rings. The van der Waals surface area contributed by atoms with E-state index in [0.29, 0.717) is 15.2 Å². The number of nitrogens with zero attached hydrogens (tertiary/aromatic N) is 1. The highest BCUT2D eigenvalue weighted by Crippen LogP contribution is 2.36. The molecule has 152 valence electrons. The summed E-state index contributed by atoms with van der Waals surface area (Å²) in [7, 11) is 0.789. The van der Waals surface area contributed by atoms with Gasteiger partial charge in [0.25, 0.3) is 5.91 Å². The fraction of sp³-hybridized carbons (Fsp3) is 0.167. The maximum Gasteiger partial charge on any atom is 0.442 e. The number of carbonyl (C=O) groups is 2. The van der Waals surface area contributed by atoms with E-state index in [9.17, 15) is 22.8 Å². The molecule has 1 heterocycles. The Balaban J connectivity index is 2.03. The first-order valence-corrected chi connectivity index (χ1v) is 9.23. The number of benzene rings is 2. The molecule has 29 heavy (non-hydrogen) atoms. The van der Waals surface area contributed by atoms with Crippen molar-refractivity contribution >= 4 is 50.2 Å². The molecule has 0 spiro atoms. The van der Waals surface area contributed by atoms with Crippen molar-refractivity contribution in [3.05, 3.63) is 59.1 Å². The van der Waals surface area contributed by atoms with Crippen molar-refractivity contribution in [3.8, 4) is 0 Å². The normalized spacial score (nSPS) is 13.6. The van der Waals surface area contributed by atoms with Crippen LogP contribution in [0.1, 0.15) is 10.4 Å². The predicted octanol–water partition coefficient (Wildman–Crippen LogP) is 4.22. The number of nitrogens with one attached hydrogen (secondary N) is 2. The van der Waals surface area contributed by atoms with Crippen LogP contribution < -0.4 is 10.6 Å². The van der Waals surface area contributed by atoms with Crippen molar-refractivity contribution in [2.45, 2.75) is 11.8 Å². The van der Waals surface area contributed by atoms with Crippen LogP contribution in [0.25, 0.3) is 10.2 Å². The summed E-state index contributed by atoms with van der Waals surface area (Å²) in [4.78, 5) is 28.8. The summed E-state index contributed by atoms with van der Waals surface area (Å²) < 4.78 is 47.2. The minimum Gasteiger partial charge on any atom is -0.466 e. The van der Waals surface area contributed by atoms with Gasteiger partial charge in [0.2, 0.25) is 0 Å². The molecule has 6 nitrogen and oxygen atoms in total. The zero-order valence-electron chi connectivity index (χ0n) is 14.7. The van der Waals surface area contributed by atoms with Crippen LogP contribution in [0.15, 0.2) is 48.5 Å². The standard InChI is InChI=1S/C18H13ClF3N3O3S/c1-28-15(27)17(18(20,21)22,24-14(26)10-6-8-11(19)9-7-10)25-16-23-12-4-2-3-5-13(12)29-16/h2-9H,1H3,(H,23,25)(H,24,26)/t17-/m0/s1. The molecule has 1 aromatic heterocycles. The first-order valence-electron chi connectivity index (χ1n) is 8.03. The van der Waals surface area contributed by atoms with Crippen LogP contribution in [-0.4, -0.2) is 35.8 Å². The SMILES string of the molecule is COC(=O)[C@](NC(=O)c1ccc(Cl)cc1)(Nc1nc2ccccc2s1)C(F)(F)F. The van der Waals surface area contributed by atoms with Gasteiger partial charge < -0.3 is 15.4 Å². The average molecular weight is 444 g/mol. The second-order valence-corrected chi connectivity index (χ2v) is 7.28. The molecule has 0 unspecified atom stereocenters. The Bertz CT molecular complexity index is 1020. The number of amides is 1. The van der Waals surface area contributed by atoms with E-state index in [2.05, 4.69) is 9.72 Å². The summed E-state index contributed by atoms with van der Waals surface area (Å²) in [5.41, 5.74) is -3.24. The highest BCUT2D eigenvalue weighted by atomic mass is 35.5. The molecule has 0 aliphatic rings. The third-order valence-electron chi connectivity index (χ3n) is 3.91. The first-order chi connectivity index (χ1) is 13.7.